The molecule has 0 aliphatic carbocycles. The summed E-state index contributed by atoms with van der Waals surface area (Å²) in [5.74, 6) is -0.0343. The van der Waals surface area contributed by atoms with Gasteiger partial charge in [0.25, 0.3) is 5.82 Å². The highest BCUT2D eigenvalue weighted by Crippen LogP contribution is 2.11. The van der Waals surface area contributed by atoms with Gasteiger partial charge < -0.3 is 14.6 Å². The normalized spacial score (nSPS) is 12.4. The Morgan fingerprint density at radius 2 is 2.31 bits per heavy atom. The third-order valence-electron chi connectivity index (χ3n) is 2.02. The summed E-state index contributed by atoms with van der Waals surface area (Å²) >= 11 is 0. The van der Waals surface area contributed by atoms with Crippen LogP contribution in [0.2, 0.25) is 0 Å². The summed E-state index contributed by atoms with van der Waals surface area (Å²) in [6.45, 7) is 7.61. The fourth-order valence-corrected chi connectivity index (χ4v) is 1.16. The third-order valence-corrected chi connectivity index (χ3v) is 2.02. The zero-order chi connectivity index (χ0) is 12.0. The maximum atomic E-state index is 11.3. The molecule has 0 aliphatic heterocycles. The van der Waals surface area contributed by atoms with E-state index in [9.17, 15) is 4.79 Å². The third kappa shape index (κ3) is 3.30. The van der Waals surface area contributed by atoms with Gasteiger partial charge in [-0.2, -0.15) is 4.98 Å². The predicted octanol–water partition coefficient (Wildman–Crippen LogP) is 0.959. The maximum absolute atomic E-state index is 11.3. The quantitative estimate of drug-likeness (QED) is 0.729. The molecule has 0 aromatic carbocycles. The Morgan fingerprint density at radius 3 is 2.94 bits per heavy atom. The molecule has 0 radical (unpaired) electrons. The smallest absolute Gasteiger partial charge is 0.379 e. The molecule has 6 nitrogen and oxygen atoms in total. The first kappa shape index (κ1) is 12.6. The Hall–Kier alpha value is -1.43. The summed E-state index contributed by atoms with van der Waals surface area (Å²) < 4.78 is 9.75. The van der Waals surface area contributed by atoms with Crippen molar-refractivity contribution < 1.29 is 14.1 Å². The monoisotopic (exact) mass is 227 g/mol. The molecule has 1 N–H and O–H groups in total. The standard InChI is InChI=1S/C10H17N3O3/c1-4-11-6-7(3)9-12-8(13-16-9)10(14)15-5-2/h7,11H,4-6H2,1-3H3. The molecule has 0 saturated heterocycles. The van der Waals surface area contributed by atoms with Crippen molar-refractivity contribution in [2.24, 2.45) is 0 Å². The van der Waals surface area contributed by atoms with E-state index in [1.54, 1.807) is 6.92 Å². The molecule has 1 atom stereocenters. The number of carbonyl (C=O) groups is 1. The first-order valence-corrected chi connectivity index (χ1v) is 5.40. The first-order chi connectivity index (χ1) is 7.69. The Balaban J connectivity index is 2.59. The van der Waals surface area contributed by atoms with E-state index in [4.69, 9.17) is 9.26 Å². The lowest BCUT2D eigenvalue weighted by Gasteiger charge is -2.05. The highest BCUT2D eigenvalue weighted by atomic mass is 16.5. The number of ether oxygens (including phenoxy) is 1. The molecule has 6 heteroatoms. The molecule has 1 heterocycles. The van der Waals surface area contributed by atoms with Gasteiger partial charge in [-0.15, -0.1) is 0 Å². The van der Waals surface area contributed by atoms with E-state index in [2.05, 4.69) is 15.5 Å². The number of hydrogen-bond donors (Lipinski definition) is 1. The molecule has 90 valence electrons. The van der Waals surface area contributed by atoms with Crippen molar-refractivity contribution >= 4 is 5.97 Å². The molecular weight excluding hydrogens is 210 g/mol. The van der Waals surface area contributed by atoms with Crippen molar-refractivity contribution in [3.05, 3.63) is 11.7 Å². The summed E-state index contributed by atoms with van der Waals surface area (Å²) in [6.07, 6.45) is 0. The molecule has 1 aromatic rings. The van der Waals surface area contributed by atoms with Gasteiger partial charge >= 0.3 is 5.97 Å². The topological polar surface area (TPSA) is 77.2 Å². The number of carbonyl (C=O) groups excluding carboxylic acids is 1. The van der Waals surface area contributed by atoms with Crippen molar-refractivity contribution in [3.8, 4) is 0 Å². The number of rotatable bonds is 6. The molecule has 0 saturated carbocycles. The zero-order valence-corrected chi connectivity index (χ0v) is 9.82. The van der Waals surface area contributed by atoms with Crippen LogP contribution in [0.1, 0.15) is 43.2 Å². The maximum Gasteiger partial charge on any atom is 0.379 e. The molecule has 0 fully saturated rings. The van der Waals surface area contributed by atoms with E-state index in [-0.39, 0.29) is 11.7 Å². The highest BCUT2D eigenvalue weighted by Gasteiger charge is 2.18. The van der Waals surface area contributed by atoms with Crippen molar-refractivity contribution in [1.82, 2.24) is 15.5 Å². The van der Waals surface area contributed by atoms with Crippen molar-refractivity contribution in [3.63, 3.8) is 0 Å². The fourth-order valence-electron chi connectivity index (χ4n) is 1.16. The Morgan fingerprint density at radius 1 is 1.56 bits per heavy atom. The molecular formula is C10H17N3O3. The summed E-state index contributed by atoms with van der Waals surface area (Å²) in [4.78, 5) is 15.3. The largest absolute Gasteiger partial charge is 0.460 e. The van der Waals surface area contributed by atoms with E-state index in [0.717, 1.165) is 13.1 Å². The zero-order valence-electron chi connectivity index (χ0n) is 9.82. The van der Waals surface area contributed by atoms with Crippen molar-refractivity contribution in [2.75, 3.05) is 19.7 Å². The van der Waals surface area contributed by atoms with Crippen LogP contribution in [0.25, 0.3) is 0 Å². The van der Waals surface area contributed by atoms with Gasteiger partial charge in [-0.05, 0) is 18.6 Å². The molecule has 0 amide bonds. The van der Waals surface area contributed by atoms with Gasteiger partial charge in [0.2, 0.25) is 5.89 Å². The highest BCUT2D eigenvalue weighted by molar-refractivity contribution is 5.84. The van der Waals surface area contributed by atoms with Gasteiger partial charge in [0.15, 0.2) is 0 Å². The summed E-state index contributed by atoms with van der Waals surface area (Å²) in [7, 11) is 0. The molecule has 0 spiro atoms. The van der Waals surface area contributed by atoms with E-state index in [1.165, 1.54) is 0 Å². The van der Waals surface area contributed by atoms with E-state index < -0.39 is 5.97 Å². The van der Waals surface area contributed by atoms with Crippen LogP contribution in [0.5, 0.6) is 0 Å². The van der Waals surface area contributed by atoms with E-state index >= 15 is 0 Å². The van der Waals surface area contributed by atoms with Crippen LogP contribution in [0.15, 0.2) is 4.52 Å². The lowest BCUT2D eigenvalue weighted by molar-refractivity contribution is 0.0508. The molecule has 16 heavy (non-hydrogen) atoms. The number of nitrogens with zero attached hydrogens (tertiary/aromatic N) is 2. The van der Waals surface area contributed by atoms with Gasteiger partial charge in [0.05, 0.1) is 6.61 Å². The number of esters is 1. The average Bonchev–Trinajstić information content (AvgIpc) is 2.75. The van der Waals surface area contributed by atoms with Gasteiger partial charge in [0, 0.05) is 12.5 Å². The van der Waals surface area contributed by atoms with E-state index in [1.807, 2.05) is 13.8 Å². The lowest BCUT2D eigenvalue weighted by atomic mass is 10.2. The van der Waals surface area contributed by atoms with Crippen LogP contribution in [0, 0.1) is 0 Å². The molecule has 0 aliphatic rings. The summed E-state index contributed by atoms with van der Waals surface area (Å²) in [6, 6.07) is 0. The predicted molar refractivity (Wildman–Crippen MR) is 57.2 cm³/mol. The molecule has 1 aromatic heterocycles. The van der Waals surface area contributed by atoms with Crippen LogP contribution in [0.4, 0.5) is 0 Å². The van der Waals surface area contributed by atoms with Crippen LogP contribution in [0.3, 0.4) is 0 Å². The Labute approximate surface area is 94.4 Å². The molecule has 0 bridgehead atoms. The number of aromatic nitrogens is 2. The molecule has 1 unspecified atom stereocenters. The van der Waals surface area contributed by atoms with Gasteiger partial charge in [-0.25, -0.2) is 4.79 Å². The van der Waals surface area contributed by atoms with Gasteiger partial charge in [-0.1, -0.05) is 13.8 Å². The van der Waals surface area contributed by atoms with Crippen molar-refractivity contribution in [1.29, 1.82) is 0 Å². The van der Waals surface area contributed by atoms with Crippen molar-refractivity contribution in [2.45, 2.75) is 26.7 Å². The van der Waals surface area contributed by atoms with Crippen LogP contribution >= 0.6 is 0 Å². The minimum Gasteiger partial charge on any atom is -0.460 e. The number of likely N-dealkylation sites (N-methyl/N-ethyl adjacent to an activating group) is 1. The first-order valence-electron chi connectivity index (χ1n) is 5.40. The molecule has 1 rings (SSSR count). The van der Waals surface area contributed by atoms with Crippen LogP contribution in [-0.4, -0.2) is 35.8 Å². The minimum atomic E-state index is -0.548. The average molecular weight is 227 g/mol. The van der Waals surface area contributed by atoms with Crippen LogP contribution < -0.4 is 5.32 Å². The van der Waals surface area contributed by atoms with E-state index in [0.29, 0.717) is 12.5 Å². The van der Waals surface area contributed by atoms with Gasteiger partial charge in [0.1, 0.15) is 0 Å². The minimum absolute atomic E-state index is 0.0137. The lowest BCUT2D eigenvalue weighted by Crippen LogP contribution is -2.19. The Bertz CT molecular complexity index is 338. The second-order valence-corrected chi connectivity index (χ2v) is 3.39. The second kappa shape index (κ2) is 6.22. The number of hydrogen-bond acceptors (Lipinski definition) is 6. The summed E-state index contributed by atoms with van der Waals surface area (Å²) in [5, 5.41) is 6.74. The summed E-state index contributed by atoms with van der Waals surface area (Å²) in [5.41, 5.74) is 0. The Kier molecular flexibility index (Phi) is 4.91. The van der Waals surface area contributed by atoms with Gasteiger partial charge in [-0.3, -0.25) is 0 Å². The second-order valence-electron chi connectivity index (χ2n) is 3.39. The SMILES string of the molecule is CCNCC(C)c1nc(C(=O)OCC)no1. The fraction of sp³-hybridized carbons (Fsp3) is 0.700. The van der Waals surface area contributed by atoms with Crippen LogP contribution in [-0.2, 0) is 4.74 Å². The number of nitrogens with one attached hydrogen (secondary N) is 1.